The third-order valence-corrected chi connectivity index (χ3v) is 1.96. The SMILES string of the molecule is CC1C=CC(O)=CC1(O)C(=O)O. The van der Waals surface area contributed by atoms with Crippen LogP contribution in [-0.2, 0) is 4.79 Å². The fourth-order valence-electron chi connectivity index (χ4n) is 1.05. The molecule has 12 heavy (non-hydrogen) atoms. The number of carboxylic acids is 1. The Hall–Kier alpha value is -1.29. The first-order chi connectivity index (χ1) is 5.47. The van der Waals surface area contributed by atoms with Crippen molar-refractivity contribution in [3.8, 4) is 0 Å². The summed E-state index contributed by atoms with van der Waals surface area (Å²) in [6, 6.07) is 0. The van der Waals surface area contributed by atoms with E-state index in [2.05, 4.69) is 0 Å². The number of aliphatic hydroxyl groups excluding tert-OH is 1. The van der Waals surface area contributed by atoms with Gasteiger partial charge in [-0.1, -0.05) is 13.0 Å². The summed E-state index contributed by atoms with van der Waals surface area (Å²) in [6.45, 7) is 1.56. The van der Waals surface area contributed by atoms with E-state index in [1.54, 1.807) is 6.92 Å². The van der Waals surface area contributed by atoms with Crippen molar-refractivity contribution in [3.05, 3.63) is 24.0 Å². The van der Waals surface area contributed by atoms with Gasteiger partial charge in [0.2, 0.25) is 0 Å². The van der Waals surface area contributed by atoms with Crippen LogP contribution in [0.2, 0.25) is 0 Å². The molecule has 2 unspecified atom stereocenters. The Morgan fingerprint density at radius 2 is 2.25 bits per heavy atom. The Kier molecular flexibility index (Phi) is 1.94. The molecule has 2 atom stereocenters. The average Bonchev–Trinajstić information content (AvgIpc) is 1.97. The van der Waals surface area contributed by atoms with Crippen LogP contribution in [0.5, 0.6) is 0 Å². The number of allylic oxidation sites excluding steroid dienone is 1. The lowest BCUT2D eigenvalue weighted by molar-refractivity contribution is -0.156. The maximum absolute atomic E-state index is 10.6. The minimum atomic E-state index is -1.97. The van der Waals surface area contributed by atoms with E-state index in [1.165, 1.54) is 12.2 Å². The fourth-order valence-corrected chi connectivity index (χ4v) is 1.05. The zero-order valence-corrected chi connectivity index (χ0v) is 6.56. The molecule has 1 rings (SSSR count). The Morgan fingerprint density at radius 3 is 2.67 bits per heavy atom. The van der Waals surface area contributed by atoms with Crippen LogP contribution in [-0.4, -0.2) is 26.9 Å². The van der Waals surface area contributed by atoms with Gasteiger partial charge in [-0.2, -0.15) is 0 Å². The van der Waals surface area contributed by atoms with Gasteiger partial charge in [-0.3, -0.25) is 0 Å². The smallest absolute Gasteiger partial charge is 0.340 e. The highest BCUT2D eigenvalue weighted by Crippen LogP contribution is 2.26. The Labute approximate surface area is 69.5 Å². The van der Waals surface area contributed by atoms with Gasteiger partial charge in [0.25, 0.3) is 0 Å². The van der Waals surface area contributed by atoms with Crippen LogP contribution < -0.4 is 0 Å². The quantitative estimate of drug-likeness (QED) is 0.534. The van der Waals surface area contributed by atoms with Crippen LogP contribution in [0.4, 0.5) is 0 Å². The van der Waals surface area contributed by atoms with Gasteiger partial charge in [-0.15, -0.1) is 0 Å². The van der Waals surface area contributed by atoms with Crippen molar-refractivity contribution in [2.24, 2.45) is 5.92 Å². The maximum atomic E-state index is 10.6. The zero-order valence-electron chi connectivity index (χ0n) is 6.56. The van der Waals surface area contributed by atoms with Crippen LogP contribution >= 0.6 is 0 Å². The fraction of sp³-hybridized carbons (Fsp3) is 0.375. The average molecular weight is 170 g/mol. The van der Waals surface area contributed by atoms with E-state index in [4.69, 9.17) is 10.2 Å². The molecule has 0 saturated heterocycles. The highest BCUT2D eigenvalue weighted by Gasteiger charge is 2.40. The molecule has 0 aliphatic heterocycles. The molecule has 4 nitrogen and oxygen atoms in total. The summed E-state index contributed by atoms with van der Waals surface area (Å²) in [5.41, 5.74) is -1.97. The monoisotopic (exact) mass is 170 g/mol. The number of rotatable bonds is 1. The van der Waals surface area contributed by atoms with Crippen LogP contribution in [0.25, 0.3) is 0 Å². The molecule has 4 heteroatoms. The summed E-state index contributed by atoms with van der Waals surface area (Å²) in [6.07, 6.45) is 3.74. The summed E-state index contributed by atoms with van der Waals surface area (Å²) in [5, 5.41) is 27.1. The van der Waals surface area contributed by atoms with Crippen molar-refractivity contribution in [2.45, 2.75) is 12.5 Å². The molecule has 0 fully saturated rings. The minimum absolute atomic E-state index is 0.224. The second kappa shape index (κ2) is 2.64. The number of aliphatic hydroxyl groups is 2. The molecule has 0 saturated carbocycles. The molecule has 1 aliphatic carbocycles. The van der Waals surface area contributed by atoms with Gasteiger partial charge in [-0.25, -0.2) is 4.79 Å². The number of hydrogen-bond acceptors (Lipinski definition) is 3. The number of hydrogen-bond donors (Lipinski definition) is 3. The second-order valence-corrected chi connectivity index (χ2v) is 2.85. The molecular weight excluding hydrogens is 160 g/mol. The number of aliphatic carboxylic acids is 1. The number of carboxylic acid groups (broad SMARTS) is 1. The predicted molar refractivity (Wildman–Crippen MR) is 41.6 cm³/mol. The lowest BCUT2D eigenvalue weighted by atomic mass is 9.85. The van der Waals surface area contributed by atoms with Gasteiger partial charge in [0.05, 0.1) is 0 Å². The Bertz CT molecular complexity index is 266. The highest BCUT2D eigenvalue weighted by atomic mass is 16.4. The van der Waals surface area contributed by atoms with E-state index < -0.39 is 17.5 Å². The second-order valence-electron chi connectivity index (χ2n) is 2.85. The molecule has 0 bridgehead atoms. The molecule has 0 radical (unpaired) electrons. The topological polar surface area (TPSA) is 77.8 Å². The van der Waals surface area contributed by atoms with Gasteiger partial charge in [0.1, 0.15) is 5.76 Å². The maximum Gasteiger partial charge on any atom is 0.340 e. The Balaban J connectivity index is 3.05. The van der Waals surface area contributed by atoms with Crippen molar-refractivity contribution in [2.75, 3.05) is 0 Å². The molecule has 0 aromatic rings. The van der Waals surface area contributed by atoms with E-state index in [-0.39, 0.29) is 5.76 Å². The molecule has 0 heterocycles. The summed E-state index contributed by atoms with van der Waals surface area (Å²) in [7, 11) is 0. The summed E-state index contributed by atoms with van der Waals surface area (Å²) in [4.78, 5) is 10.6. The minimum Gasteiger partial charge on any atom is -0.508 e. The molecule has 66 valence electrons. The van der Waals surface area contributed by atoms with Gasteiger partial charge in [0, 0.05) is 12.0 Å². The standard InChI is InChI=1S/C8H10O4/c1-5-2-3-6(9)4-8(5,12)7(10)11/h2-5,9,12H,1H3,(H,10,11). The summed E-state index contributed by atoms with van der Waals surface area (Å²) >= 11 is 0. The lowest BCUT2D eigenvalue weighted by Crippen LogP contribution is -2.43. The van der Waals surface area contributed by atoms with Crippen LogP contribution in [0.15, 0.2) is 24.0 Å². The normalized spacial score (nSPS) is 34.5. The van der Waals surface area contributed by atoms with E-state index in [9.17, 15) is 9.90 Å². The first-order valence-electron chi connectivity index (χ1n) is 3.52. The predicted octanol–water partition coefficient (Wildman–Crippen LogP) is 0.450. The molecule has 3 N–H and O–H groups in total. The number of carbonyl (C=O) groups is 1. The van der Waals surface area contributed by atoms with Gasteiger partial charge >= 0.3 is 5.97 Å². The van der Waals surface area contributed by atoms with Crippen molar-refractivity contribution >= 4 is 5.97 Å². The lowest BCUT2D eigenvalue weighted by Gasteiger charge is -2.26. The molecule has 0 spiro atoms. The van der Waals surface area contributed by atoms with Crippen LogP contribution in [0, 0.1) is 5.92 Å². The Morgan fingerprint density at radius 1 is 1.67 bits per heavy atom. The van der Waals surface area contributed by atoms with E-state index >= 15 is 0 Å². The van der Waals surface area contributed by atoms with Gasteiger partial charge < -0.3 is 15.3 Å². The highest BCUT2D eigenvalue weighted by molar-refractivity contribution is 5.81. The van der Waals surface area contributed by atoms with Crippen molar-refractivity contribution in [3.63, 3.8) is 0 Å². The van der Waals surface area contributed by atoms with Crippen molar-refractivity contribution in [1.82, 2.24) is 0 Å². The summed E-state index contributed by atoms with van der Waals surface area (Å²) in [5.74, 6) is -2.12. The molecular formula is C8H10O4. The van der Waals surface area contributed by atoms with E-state index in [0.29, 0.717) is 0 Å². The zero-order chi connectivity index (χ0) is 9.35. The molecule has 0 amide bonds. The molecule has 1 aliphatic rings. The van der Waals surface area contributed by atoms with E-state index in [1.807, 2.05) is 0 Å². The van der Waals surface area contributed by atoms with Crippen molar-refractivity contribution < 1.29 is 20.1 Å². The first-order valence-corrected chi connectivity index (χ1v) is 3.52. The molecule has 0 aromatic heterocycles. The van der Waals surface area contributed by atoms with Crippen molar-refractivity contribution in [1.29, 1.82) is 0 Å². The van der Waals surface area contributed by atoms with E-state index in [0.717, 1.165) is 6.08 Å². The van der Waals surface area contributed by atoms with Gasteiger partial charge in [-0.05, 0) is 6.08 Å². The first kappa shape index (κ1) is 8.80. The van der Waals surface area contributed by atoms with Crippen LogP contribution in [0.1, 0.15) is 6.92 Å². The van der Waals surface area contributed by atoms with Crippen LogP contribution in [0.3, 0.4) is 0 Å². The third-order valence-electron chi connectivity index (χ3n) is 1.96. The molecule has 0 aromatic carbocycles. The largest absolute Gasteiger partial charge is 0.508 e. The summed E-state index contributed by atoms with van der Waals surface area (Å²) < 4.78 is 0. The van der Waals surface area contributed by atoms with Gasteiger partial charge in [0.15, 0.2) is 5.60 Å². The third kappa shape index (κ3) is 1.21.